The maximum Gasteiger partial charge on any atom is 0.0456 e. The number of hydrogen-bond donors (Lipinski definition) is 1. The molecule has 1 aromatic rings. The Hall–Kier alpha value is -0.530. The van der Waals surface area contributed by atoms with E-state index in [-0.39, 0.29) is 6.04 Å². The standard InChI is InChI=1S/C12H16ClN/c1-2-8-6-7-10(13)12-9(8)4-3-5-11(12)14/h6-7,11H,2-5,14H2,1H3/t11-/m0/s1. The van der Waals surface area contributed by atoms with Crippen molar-refractivity contribution in [3.8, 4) is 0 Å². The molecule has 0 amide bonds. The van der Waals surface area contributed by atoms with Crippen LogP contribution in [0.1, 0.15) is 42.5 Å². The number of rotatable bonds is 1. The van der Waals surface area contributed by atoms with Gasteiger partial charge in [-0.1, -0.05) is 24.6 Å². The van der Waals surface area contributed by atoms with Crippen LogP contribution in [0.3, 0.4) is 0 Å². The minimum atomic E-state index is 0.151. The van der Waals surface area contributed by atoms with E-state index < -0.39 is 0 Å². The van der Waals surface area contributed by atoms with Gasteiger partial charge in [0, 0.05) is 11.1 Å². The fraction of sp³-hybridized carbons (Fsp3) is 0.500. The molecule has 2 N–H and O–H groups in total. The Balaban J connectivity index is 2.57. The zero-order chi connectivity index (χ0) is 10.1. The fourth-order valence-electron chi connectivity index (χ4n) is 2.35. The molecule has 1 aliphatic rings. The van der Waals surface area contributed by atoms with E-state index in [1.54, 1.807) is 0 Å². The maximum absolute atomic E-state index is 6.19. The van der Waals surface area contributed by atoms with Crippen LogP contribution in [0.15, 0.2) is 12.1 Å². The Bertz CT molecular complexity index is 346. The normalized spacial score (nSPS) is 20.6. The molecule has 0 saturated carbocycles. The molecule has 0 heterocycles. The smallest absolute Gasteiger partial charge is 0.0456 e. The fourth-order valence-corrected chi connectivity index (χ4v) is 2.67. The summed E-state index contributed by atoms with van der Waals surface area (Å²) in [5, 5.41) is 0.851. The second-order valence-electron chi connectivity index (χ2n) is 3.95. The third-order valence-electron chi connectivity index (χ3n) is 3.09. The Morgan fingerprint density at radius 2 is 2.29 bits per heavy atom. The first-order valence-corrected chi connectivity index (χ1v) is 5.67. The van der Waals surface area contributed by atoms with Gasteiger partial charge in [0.15, 0.2) is 0 Å². The van der Waals surface area contributed by atoms with Gasteiger partial charge in [-0.25, -0.2) is 0 Å². The van der Waals surface area contributed by atoms with Crippen molar-refractivity contribution >= 4 is 11.6 Å². The van der Waals surface area contributed by atoms with E-state index in [2.05, 4.69) is 13.0 Å². The number of hydrogen-bond acceptors (Lipinski definition) is 1. The average molecular weight is 210 g/mol. The Morgan fingerprint density at radius 3 is 3.00 bits per heavy atom. The number of halogens is 1. The van der Waals surface area contributed by atoms with Crippen molar-refractivity contribution in [2.24, 2.45) is 5.73 Å². The van der Waals surface area contributed by atoms with Crippen LogP contribution in [0, 0.1) is 0 Å². The Labute approximate surface area is 90.3 Å². The molecule has 1 aliphatic carbocycles. The summed E-state index contributed by atoms with van der Waals surface area (Å²) < 4.78 is 0. The molecule has 0 aliphatic heterocycles. The molecule has 2 rings (SSSR count). The van der Waals surface area contributed by atoms with Gasteiger partial charge in [0.1, 0.15) is 0 Å². The van der Waals surface area contributed by atoms with E-state index in [1.165, 1.54) is 23.1 Å². The molecule has 14 heavy (non-hydrogen) atoms. The summed E-state index contributed by atoms with van der Waals surface area (Å²) in [6, 6.07) is 4.28. The molecular formula is C12H16ClN. The van der Waals surface area contributed by atoms with Gasteiger partial charge < -0.3 is 5.73 Å². The van der Waals surface area contributed by atoms with Crippen LogP contribution in [0.4, 0.5) is 0 Å². The molecule has 0 radical (unpaired) electrons. The van der Waals surface area contributed by atoms with Gasteiger partial charge in [0.05, 0.1) is 0 Å². The molecule has 1 aromatic carbocycles. The Kier molecular flexibility index (Phi) is 2.80. The van der Waals surface area contributed by atoms with Gasteiger partial charge in [0.25, 0.3) is 0 Å². The zero-order valence-electron chi connectivity index (χ0n) is 8.52. The van der Waals surface area contributed by atoms with E-state index in [0.29, 0.717) is 0 Å². The van der Waals surface area contributed by atoms with Crippen molar-refractivity contribution in [3.05, 3.63) is 33.8 Å². The van der Waals surface area contributed by atoms with Crippen LogP contribution in [0.25, 0.3) is 0 Å². The van der Waals surface area contributed by atoms with Crippen LogP contribution in [-0.2, 0) is 12.8 Å². The first-order chi connectivity index (χ1) is 6.74. The molecule has 0 saturated heterocycles. The summed E-state index contributed by atoms with van der Waals surface area (Å²) in [5.41, 5.74) is 10.1. The zero-order valence-corrected chi connectivity index (χ0v) is 9.27. The topological polar surface area (TPSA) is 26.0 Å². The molecule has 0 fully saturated rings. The van der Waals surface area contributed by atoms with Crippen LogP contribution in [0.2, 0.25) is 5.02 Å². The monoisotopic (exact) mass is 209 g/mol. The summed E-state index contributed by atoms with van der Waals surface area (Å²) in [7, 11) is 0. The predicted molar refractivity (Wildman–Crippen MR) is 60.7 cm³/mol. The quantitative estimate of drug-likeness (QED) is 0.755. The van der Waals surface area contributed by atoms with Crippen molar-refractivity contribution in [2.45, 2.75) is 38.6 Å². The number of nitrogens with two attached hydrogens (primary N) is 1. The van der Waals surface area contributed by atoms with Crippen molar-refractivity contribution in [2.75, 3.05) is 0 Å². The average Bonchev–Trinajstić information content (AvgIpc) is 2.18. The van der Waals surface area contributed by atoms with E-state index in [9.17, 15) is 0 Å². The van der Waals surface area contributed by atoms with Crippen LogP contribution < -0.4 is 5.73 Å². The second kappa shape index (κ2) is 3.92. The lowest BCUT2D eigenvalue weighted by atomic mass is 9.84. The molecule has 1 atom stereocenters. The summed E-state index contributed by atoms with van der Waals surface area (Å²) in [6.07, 6.45) is 4.49. The molecule has 2 heteroatoms. The Morgan fingerprint density at radius 1 is 1.50 bits per heavy atom. The SMILES string of the molecule is CCc1ccc(Cl)c2c1CCC[C@@H]2N. The highest BCUT2D eigenvalue weighted by atomic mass is 35.5. The van der Waals surface area contributed by atoms with Gasteiger partial charge in [-0.05, 0) is 48.4 Å². The molecule has 1 nitrogen and oxygen atoms in total. The lowest BCUT2D eigenvalue weighted by Gasteiger charge is -2.25. The summed E-state index contributed by atoms with van der Waals surface area (Å²) in [5.74, 6) is 0. The largest absolute Gasteiger partial charge is 0.324 e. The second-order valence-corrected chi connectivity index (χ2v) is 4.36. The molecule has 0 aromatic heterocycles. The number of benzene rings is 1. The summed E-state index contributed by atoms with van der Waals surface area (Å²) >= 11 is 6.19. The van der Waals surface area contributed by atoms with Gasteiger partial charge in [-0.15, -0.1) is 0 Å². The molecule has 76 valence electrons. The minimum absolute atomic E-state index is 0.151. The number of aryl methyl sites for hydroxylation is 1. The van der Waals surface area contributed by atoms with E-state index in [4.69, 9.17) is 17.3 Å². The van der Waals surface area contributed by atoms with Crippen molar-refractivity contribution in [3.63, 3.8) is 0 Å². The van der Waals surface area contributed by atoms with Crippen LogP contribution in [-0.4, -0.2) is 0 Å². The summed E-state index contributed by atoms with van der Waals surface area (Å²) in [4.78, 5) is 0. The van der Waals surface area contributed by atoms with Gasteiger partial charge in [-0.3, -0.25) is 0 Å². The first kappa shape index (κ1) is 10.0. The third kappa shape index (κ3) is 1.55. The maximum atomic E-state index is 6.19. The molecule has 0 bridgehead atoms. The van der Waals surface area contributed by atoms with E-state index in [1.807, 2.05) is 6.07 Å². The molecule has 0 spiro atoms. The van der Waals surface area contributed by atoms with Crippen molar-refractivity contribution in [1.82, 2.24) is 0 Å². The lowest BCUT2D eigenvalue weighted by Crippen LogP contribution is -2.19. The highest BCUT2D eigenvalue weighted by Crippen LogP contribution is 2.35. The lowest BCUT2D eigenvalue weighted by molar-refractivity contribution is 0.567. The highest BCUT2D eigenvalue weighted by Gasteiger charge is 2.21. The van der Waals surface area contributed by atoms with Crippen LogP contribution in [0.5, 0.6) is 0 Å². The van der Waals surface area contributed by atoms with Crippen LogP contribution >= 0.6 is 11.6 Å². The van der Waals surface area contributed by atoms with Gasteiger partial charge >= 0.3 is 0 Å². The van der Waals surface area contributed by atoms with Gasteiger partial charge in [-0.2, -0.15) is 0 Å². The first-order valence-electron chi connectivity index (χ1n) is 5.29. The van der Waals surface area contributed by atoms with Crippen molar-refractivity contribution < 1.29 is 0 Å². The van der Waals surface area contributed by atoms with Crippen molar-refractivity contribution in [1.29, 1.82) is 0 Å². The van der Waals surface area contributed by atoms with E-state index >= 15 is 0 Å². The summed E-state index contributed by atoms with van der Waals surface area (Å²) in [6.45, 7) is 2.18. The predicted octanol–water partition coefficient (Wildman–Crippen LogP) is 3.24. The number of fused-ring (bicyclic) bond motifs is 1. The minimum Gasteiger partial charge on any atom is -0.324 e. The van der Waals surface area contributed by atoms with Gasteiger partial charge in [0.2, 0.25) is 0 Å². The molecule has 0 unspecified atom stereocenters. The molecular weight excluding hydrogens is 194 g/mol. The third-order valence-corrected chi connectivity index (χ3v) is 3.42. The van der Waals surface area contributed by atoms with E-state index in [0.717, 1.165) is 24.3 Å². The highest BCUT2D eigenvalue weighted by molar-refractivity contribution is 6.31.